The number of hydrogen-bond acceptors (Lipinski definition) is 5. The van der Waals surface area contributed by atoms with Crippen molar-refractivity contribution in [3.63, 3.8) is 0 Å². The van der Waals surface area contributed by atoms with Gasteiger partial charge in [0.2, 0.25) is 5.43 Å². The summed E-state index contributed by atoms with van der Waals surface area (Å²) in [5.74, 6) is -3.71. The van der Waals surface area contributed by atoms with E-state index in [-0.39, 0.29) is 22.6 Å². The number of rotatable bonds is 3. The molecule has 4 rings (SSSR count). The summed E-state index contributed by atoms with van der Waals surface area (Å²) in [4.78, 5) is 25.7. The van der Waals surface area contributed by atoms with Gasteiger partial charge in [0, 0.05) is 32.4 Å². The number of benzene rings is 2. The van der Waals surface area contributed by atoms with Gasteiger partial charge in [-0.05, 0) is 18.2 Å². The number of carbonyl (C=O) groups is 1. The van der Waals surface area contributed by atoms with Gasteiger partial charge in [0.1, 0.15) is 22.8 Å². The number of para-hydroxylation sites is 2. The number of nitrogens with zero attached hydrogens (tertiary/aromatic N) is 2. The van der Waals surface area contributed by atoms with Crippen LogP contribution in [0.5, 0.6) is 5.75 Å². The van der Waals surface area contributed by atoms with Gasteiger partial charge in [-0.15, -0.1) is 0 Å². The number of piperazine rings is 1. The van der Waals surface area contributed by atoms with Gasteiger partial charge in [-0.3, -0.25) is 4.79 Å². The molecule has 1 aliphatic rings. The van der Waals surface area contributed by atoms with E-state index in [9.17, 15) is 24.2 Å². The number of nitrogens with one attached hydrogen (secondary N) is 1. The zero-order valence-electron chi connectivity index (χ0n) is 15.2. The summed E-state index contributed by atoms with van der Waals surface area (Å²) < 4.78 is 31.5. The lowest BCUT2D eigenvalue weighted by Gasteiger charge is -2.30. The third kappa shape index (κ3) is 3.09. The van der Waals surface area contributed by atoms with Crippen molar-refractivity contribution < 1.29 is 23.8 Å². The van der Waals surface area contributed by atoms with Crippen LogP contribution in [0.2, 0.25) is 0 Å². The molecule has 3 N–H and O–H groups in total. The Morgan fingerprint density at radius 3 is 2.48 bits per heavy atom. The fourth-order valence-electron chi connectivity index (χ4n) is 3.59. The molecule has 29 heavy (non-hydrogen) atoms. The smallest absolute Gasteiger partial charge is 0.341 e. The number of fused-ring (bicyclic) bond motifs is 1. The molecule has 2 heterocycles. The number of aromatic carboxylic acids is 1. The first kappa shape index (κ1) is 18.9. The van der Waals surface area contributed by atoms with Crippen LogP contribution in [0.1, 0.15) is 10.4 Å². The fourth-order valence-corrected chi connectivity index (χ4v) is 3.59. The molecule has 0 bridgehead atoms. The molecule has 1 fully saturated rings. The van der Waals surface area contributed by atoms with Crippen molar-refractivity contribution >= 4 is 22.6 Å². The summed E-state index contributed by atoms with van der Waals surface area (Å²) in [5.41, 5.74) is -2.17. The summed E-state index contributed by atoms with van der Waals surface area (Å²) >= 11 is 0. The lowest BCUT2D eigenvalue weighted by molar-refractivity contribution is 0.0695. The number of pyridine rings is 1. The average Bonchev–Trinajstić information content (AvgIpc) is 2.70. The van der Waals surface area contributed by atoms with Gasteiger partial charge in [0.05, 0.1) is 16.6 Å². The van der Waals surface area contributed by atoms with Crippen LogP contribution < -0.4 is 15.6 Å². The molecule has 1 aliphatic heterocycles. The number of aromatic hydroxyl groups is 1. The Kier molecular flexibility index (Phi) is 4.67. The second kappa shape index (κ2) is 7.17. The molecular formula is C20H17F2N3O4. The maximum atomic E-state index is 15.6. The van der Waals surface area contributed by atoms with Crippen LogP contribution in [0.4, 0.5) is 14.5 Å². The second-order valence-corrected chi connectivity index (χ2v) is 6.69. The summed E-state index contributed by atoms with van der Waals surface area (Å²) in [6.07, 6.45) is 0.949. The van der Waals surface area contributed by atoms with E-state index in [0.29, 0.717) is 26.2 Å². The van der Waals surface area contributed by atoms with Crippen LogP contribution in [0.25, 0.3) is 16.6 Å². The molecule has 3 aromatic rings. The Morgan fingerprint density at radius 2 is 1.83 bits per heavy atom. The summed E-state index contributed by atoms with van der Waals surface area (Å²) in [6.45, 7) is 1.82. The van der Waals surface area contributed by atoms with Gasteiger partial charge in [-0.1, -0.05) is 12.1 Å². The lowest BCUT2D eigenvalue weighted by atomic mass is 10.1. The van der Waals surface area contributed by atoms with Crippen LogP contribution in [0.3, 0.4) is 0 Å². The Labute approximate surface area is 163 Å². The zero-order chi connectivity index (χ0) is 20.7. The number of anilines is 1. The van der Waals surface area contributed by atoms with E-state index in [4.69, 9.17) is 0 Å². The molecule has 0 saturated carbocycles. The van der Waals surface area contributed by atoms with Gasteiger partial charge >= 0.3 is 5.97 Å². The molecule has 0 aliphatic carbocycles. The van der Waals surface area contributed by atoms with E-state index in [1.54, 1.807) is 12.1 Å². The van der Waals surface area contributed by atoms with Crippen molar-refractivity contribution in [1.29, 1.82) is 0 Å². The minimum Gasteiger partial charge on any atom is -0.506 e. The van der Waals surface area contributed by atoms with Crippen LogP contribution in [0.15, 0.2) is 41.3 Å². The molecule has 150 valence electrons. The number of carboxylic acid groups (broad SMARTS) is 1. The van der Waals surface area contributed by atoms with E-state index in [1.807, 2.05) is 0 Å². The van der Waals surface area contributed by atoms with Crippen molar-refractivity contribution in [2.75, 3.05) is 31.1 Å². The second-order valence-electron chi connectivity index (χ2n) is 6.69. The topological polar surface area (TPSA) is 94.8 Å². The van der Waals surface area contributed by atoms with E-state index < -0.39 is 34.0 Å². The predicted molar refractivity (Wildman–Crippen MR) is 103 cm³/mol. The Balaban J connectivity index is 2.12. The SMILES string of the molecule is O=C(O)c1cn(-c2ccccc2O)c2c(F)c(N3CCNCC3)c(F)cc2c1=O. The first-order valence-electron chi connectivity index (χ1n) is 8.95. The van der Waals surface area contributed by atoms with E-state index in [2.05, 4.69) is 5.32 Å². The lowest BCUT2D eigenvalue weighted by Crippen LogP contribution is -2.44. The fraction of sp³-hybridized carbons (Fsp3) is 0.200. The molecule has 0 atom stereocenters. The largest absolute Gasteiger partial charge is 0.506 e. The standard InChI is InChI=1S/C20H17F2N3O4/c21-13-9-11-17(16(22)18(13)24-7-5-23-6-8-24)25(10-12(19(11)27)20(28)29)14-3-1-2-4-15(14)26/h1-4,9-10,23,26H,5-8H2,(H,28,29). The molecule has 0 spiro atoms. The quantitative estimate of drug-likeness (QED) is 0.622. The summed E-state index contributed by atoms with van der Waals surface area (Å²) in [7, 11) is 0. The Morgan fingerprint density at radius 1 is 1.14 bits per heavy atom. The maximum Gasteiger partial charge on any atom is 0.341 e. The van der Waals surface area contributed by atoms with Gasteiger partial charge < -0.3 is 25.0 Å². The van der Waals surface area contributed by atoms with Crippen molar-refractivity contribution in [3.8, 4) is 11.4 Å². The minimum absolute atomic E-state index is 0.0665. The van der Waals surface area contributed by atoms with Crippen LogP contribution in [-0.4, -0.2) is 46.9 Å². The molecule has 1 aromatic heterocycles. The first-order valence-corrected chi connectivity index (χ1v) is 8.95. The molecule has 0 amide bonds. The molecule has 7 nitrogen and oxygen atoms in total. The van der Waals surface area contributed by atoms with E-state index >= 15 is 4.39 Å². The minimum atomic E-state index is -1.53. The molecule has 0 unspecified atom stereocenters. The molecule has 9 heteroatoms. The maximum absolute atomic E-state index is 15.6. The first-order chi connectivity index (χ1) is 13.9. The highest BCUT2D eigenvalue weighted by Gasteiger charge is 2.26. The third-order valence-corrected chi connectivity index (χ3v) is 4.96. The van der Waals surface area contributed by atoms with Gasteiger partial charge in [0.25, 0.3) is 0 Å². The van der Waals surface area contributed by atoms with Gasteiger partial charge in [-0.25, -0.2) is 13.6 Å². The summed E-state index contributed by atoms with van der Waals surface area (Å²) in [5, 5.41) is 22.3. The average molecular weight is 401 g/mol. The highest BCUT2D eigenvalue weighted by Crippen LogP contribution is 2.33. The number of carboxylic acids is 1. The van der Waals surface area contributed by atoms with Crippen LogP contribution >= 0.6 is 0 Å². The van der Waals surface area contributed by atoms with E-state index in [1.165, 1.54) is 17.0 Å². The van der Waals surface area contributed by atoms with Gasteiger partial charge in [-0.2, -0.15) is 0 Å². The number of aromatic nitrogens is 1. The normalized spacial score (nSPS) is 14.3. The van der Waals surface area contributed by atoms with Gasteiger partial charge in [0.15, 0.2) is 5.82 Å². The Bertz CT molecular complexity index is 1190. The van der Waals surface area contributed by atoms with Crippen molar-refractivity contribution in [3.05, 3.63) is 63.9 Å². The van der Waals surface area contributed by atoms with Crippen molar-refractivity contribution in [2.45, 2.75) is 0 Å². The van der Waals surface area contributed by atoms with E-state index in [0.717, 1.165) is 16.8 Å². The monoisotopic (exact) mass is 401 g/mol. The Hall–Kier alpha value is -3.46. The number of hydrogen-bond donors (Lipinski definition) is 3. The molecule has 1 saturated heterocycles. The number of phenolic OH excluding ortho intramolecular Hbond substituents is 1. The highest BCUT2D eigenvalue weighted by atomic mass is 19.1. The highest BCUT2D eigenvalue weighted by molar-refractivity contribution is 5.94. The van der Waals surface area contributed by atoms with Crippen LogP contribution in [-0.2, 0) is 0 Å². The van der Waals surface area contributed by atoms with Crippen molar-refractivity contribution in [1.82, 2.24) is 9.88 Å². The number of halogens is 2. The van der Waals surface area contributed by atoms with Crippen LogP contribution in [0, 0.1) is 11.6 Å². The molecule has 2 aromatic carbocycles. The predicted octanol–water partition coefficient (Wildman–Crippen LogP) is 2.08. The number of phenols is 1. The van der Waals surface area contributed by atoms with Crippen molar-refractivity contribution in [2.24, 2.45) is 0 Å². The third-order valence-electron chi connectivity index (χ3n) is 4.96. The molecule has 0 radical (unpaired) electrons. The zero-order valence-corrected chi connectivity index (χ0v) is 15.2. The molecular weight excluding hydrogens is 384 g/mol. The summed E-state index contributed by atoms with van der Waals surface area (Å²) in [6, 6.07) is 6.76.